The highest BCUT2D eigenvalue weighted by atomic mass is 16.2. The summed E-state index contributed by atoms with van der Waals surface area (Å²) in [6.07, 6.45) is 8.80. The van der Waals surface area contributed by atoms with Crippen LogP contribution in [0.3, 0.4) is 0 Å². The molecule has 1 atom stereocenters. The van der Waals surface area contributed by atoms with Gasteiger partial charge < -0.3 is 9.47 Å². The monoisotopic (exact) mass is 310 g/mol. The minimum Gasteiger partial charge on any atom is -0.342 e. The molecule has 1 amide bonds. The summed E-state index contributed by atoms with van der Waals surface area (Å²) in [6.45, 7) is 4.83. The lowest BCUT2D eigenvalue weighted by atomic mass is 10.1. The number of hydrogen-bond acceptors (Lipinski definition) is 3. The average molecular weight is 310 g/mol. The van der Waals surface area contributed by atoms with E-state index in [4.69, 9.17) is 0 Å². The Kier molecular flexibility index (Phi) is 3.63. The van der Waals surface area contributed by atoms with Crippen molar-refractivity contribution in [3.63, 3.8) is 0 Å². The van der Waals surface area contributed by atoms with Gasteiger partial charge in [-0.25, -0.2) is 4.98 Å². The number of carbonyl (C=O) groups is 1. The van der Waals surface area contributed by atoms with Crippen molar-refractivity contribution in [3.8, 4) is 11.4 Å². The molecule has 120 valence electrons. The fourth-order valence-electron chi connectivity index (χ4n) is 3.45. The van der Waals surface area contributed by atoms with E-state index < -0.39 is 0 Å². The standard InChI is InChI=1S/C18H22N4O/c1-13-10-20-17(15-4-7-19-8-5-15)22(13)12-14-6-9-21(11-14)18(23)16-2-3-16/h4-5,7-8,10,14,16H,2-3,6,9,11-12H2,1H3. The minimum absolute atomic E-state index is 0.330. The maximum Gasteiger partial charge on any atom is 0.225 e. The Morgan fingerprint density at radius 3 is 2.78 bits per heavy atom. The normalized spacial score (nSPS) is 20.9. The van der Waals surface area contributed by atoms with Crippen LogP contribution in [0.4, 0.5) is 0 Å². The molecule has 2 aromatic rings. The van der Waals surface area contributed by atoms with Gasteiger partial charge in [0.15, 0.2) is 0 Å². The van der Waals surface area contributed by atoms with Crippen molar-refractivity contribution >= 4 is 5.91 Å². The molecule has 0 spiro atoms. The highest BCUT2D eigenvalue weighted by Crippen LogP contribution is 2.33. The Morgan fingerprint density at radius 1 is 1.26 bits per heavy atom. The summed E-state index contributed by atoms with van der Waals surface area (Å²) >= 11 is 0. The van der Waals surface area contributed by atoms with Crippen LogP contribution in [-0.4, -0.2) is 38.4 Å². The van der Waals surface area contributed by atoms with Gasteiger partial charge in [0.2, 0.25) is 5.91 Å². The molecule has 2 fully saturated rings. The van der Waals surface area contributed by atoms with E-state index >= 15 is 0 Å². The number of hydrogen-bond donors (Lipinski definition) is 0. The molecule has 0 radical (unpaired) electrons. The maximum absolute atomic E-state index is 12.2. The molecule has 2 aliphatic rings. The zero-order valence-corrected chi connectivity index (χ0v) is 13.5. The van der Waals surface area contributed by atoms with Gasteiger partial charge in [-0.1, -0.05) is 0 Å². The Hall–Kier alpha value is -2.17. The van der Waals surface area contributed by atoms with Crippen LogP contribution in [0.5, 0.6) is 0 Å². The lowest BCUT2D eigenvalue weighted by Crippen LogP contribution is -2.30. The van der Waals surface area contributed by atoms with Gasteiger partial charge in [-0.3, -0.25) is 9.78 Å². The van der Waals surface area contributed by atoms with Gasteiger partial charge in [0, 0.05) is 55.4 Å². The van der Waals surface area contributed by atoms with Crippen molar-refractivity contribution in [2.24, 2.45) is 11.8 Å². The molecule has 2 aromatic heterocycles. The number of aryl methyl sites for hydroxylation is 1. The highest BCUT2D eigenvalue weighted by Gasteiger charge is 2.36. The van der Waals surface area contributed by atoms with Gasteiger partial charge in [-0.15, -0.1) is 0 Å². The van der Waals surface area contributed by atoms with E-state index in [0.717, 1.165) is 50.3 Å². The molecule has 0 aromatic carbocycles. The van der Waals surface area contributed by atoms with Crippen molar-refractivity contribution in [2.75, 3.05) is 13.1 Å². The summed E-state index contributed by atoms with van der Waals surface area (Å²) in [4.78, 5) is 22.9. The number of nitrogens with zero attached hydrogens (tertiary/aromatic N) is 4. The van der Waals surface area contributed by atoms with Crippen LogP contribution < -0.4 is 0 Å². The van der Waals surface area contributed by atoms with Crippen molar-refractivity contribution in [2.45, 2.75) is 32.7 Å². The van der Waals surface area contributed by atoms with Crippen LogP contribution in [0.15, 0.2) is 30.7 Å². The number of amides is 1. The first-order valence-electron chi connectivity index (χ1n) is 8.43. The van der Waals surface area contributed by atoms with Gasteiger partial charge in [-0.2, -0.15) is 0 Å². The second-order valence-corrected chi connectivity index (χ2v) is 6.78. The lowest BCUT2D eigenvalue weighted by molar-refractivity contribution is -0.131. The Bertz CT molecular complexity index is 705. The van der Waals surface area contributed by atoms with Gasteiger partial charge >= 0.3 is 0 Å². The van der Waals surface area contributed by atoms with E-state index in [9.17, 15) is 4.79 Å². The first-order chi connectivity index (χ1) is 11.2. The Labute approximate surface area is 136 Å². The third kappa shape index (κ3) is 2.87. The number of rotatable bonds is 4. The number of imidazole rings is 1. The maximum atomic E-state index is 12.2. The van der Waals surface area contributed by atoms with E-state index in [1.807, 2.05) is 18.3 Å². The van der Waals surface area contributed by atoms with E-state index in [1.165, 1.54) is 5.69 Å². The first kappa shape index (κ1) is 14.4. The molecule has 1 unspecified atom stereocenters. The molecular formula is C18H22N4O. The van der Waals surface area contributed by atoms with Crippen LogP contribution in [0.25, 0.3) is 11.4 Å². The second kappa shape index (κ2) is 5.80. The molecule has 23 heavy (non-hydrogen) atoms. The molecule has 0 N–H and O–H groups in total. The predicted octanol–water partition coefficient (Wildman–Crippen LogP) is 2.51. The van der Waals surface area contributed by atoms with Gasteiger partial charge in [0.05, 0.1) is 0 Å². The Balaban J connectivity index is 1.49. The second-order valence-electron chi connectivity index (χ2n) is 6.78. The third-order valence-corrected chi connectivity index (χ3v) is 4.96. The molecule has 3 heterocycles. The van der Waals surface area contributed by atoms with E-state index in [-0.39, 0.29) is 0 Å². The van der Waals surface area contributed by atoms with Crippen molar-refractivity contribution in [1.29, 1.82) is 0 Å². The molecule has 5 heteroatoms. The van der Waals surface area contributed by atoms with E-state index in [0.29, 0.717) is 17.7 Å². The minimum atomic E-state index is 0.330. The SMILES string of the molecule is Cc1cnc(-c2ccncc2)n1CC1CCN(C(=O)C2CC2)C1. The lowest BCUT2D eigenvalue weighted by Gasteiger charge is -2.18. The number of pyridine rings is 1. The molecule has 0 bridgehead atoms. The van der Waals surface area contributed by atoms with Crippen LogP contribution in [0.1, 0.15) is 25.0 Å². The van der Waals surface area contributed by atoms with Crippen LogP contribution in [-0.2, 0) is 11.3 Å². The van der Waals surface area contributed by atoms with Crippen molar-refractivity contribution in [1.82, 2.24) is 19.4 Å². The molecular weight excluding hydrogens is 288 g/mol. The molecule has 5 nitrogen and oxygen atoms in total. The quantitative estimate of drug-likeness (QED) is 0.872. The molecule has 1 saturated carbocycles. The zero-order valence-electron chi connectivity index (χ0n) is 13.5. The van der Waals surface area contributed by atoms with Gasteiger partial charge in [0.1, 0.15) is 5.82 Å². The summed E-state index contributed by atoms with van der Waals surface area (Å²) in [5, 5.41) is 0. The summed E-state index contributed by atoms with van der Waals surface area (Å²) in [7, 11) is 0. The van der Waals surface area contributed by atoms with Crippen molar-refractivity contribution in [3.05, 3.63) is 36.4 Å². The Morgan fingerprint density at radius 2 is 2.04 bits per heavy atom. The molecule has 1 aliphatic carbocycles. The summed E-state index contributed by atoms with van der Waals surface area (Å²) in [6, 6.07) is 3.99. The van der Waals surface area contributed by atoms with Crippen LogP contribution in [0.2, 0.25) is 0 Å². The average Bonchev–Trinajstić information content (AvgIpc) is 3.22. The van der Waals surface area contributed by atoms with Crippen LogP contribution in [0, 0.1) is 18.8 Å². The fourth-order valence-corrected chi connectivity index (χ4v) is 3.45. The zero-order chi connectivity index (χ0) is 15.8. The number of aromatic nitrogens is 3. The smallest absolute Gasteiger partial charge is 0.225 e. The third-order valence-electron chi connectivity index (χ3n) is 4.96. The highest BCUT2D eigenvalue weighted by molar-refractivity contribution is 5.81. The molecule has 1 saturated heterocycles. The van der Waals surface area contributed by atoms with Crippen molar-refractivity contribution < 1.29 is 4.79 Å². The number of likely N-dealkylation sites (tertiary alicyclic amines) is 1. The predicted molar refractivity (Wildman–Crippen MR) is 87.6 cm³/mol. The number of carbonyl (C=O) groups excluding carboxylic acids is 1. The molecule has 1 aliphatic heterocycles. The first-order valence-corrected chi connectivity index (χ1v) is 8.43. The molecule has 4 rings (SSSR count). The van der Waals surface area contributed by atoms with E-state index in [1.54, 1.807) is 12.4 Å². The largest absolute Gasteiger partial charge is 0.342 e. The van der Waals surface area contributed by atoms with Crippen LogP contribution >= 0.6 is 0 Å². The fraction of sp³-hybridized carbons (Fsp3) is 0.500. The van der Waals surface area contributed by atoms with E-state index in [2.05, 4.69) is 26.4 Å². The summed E-state index contributed by atoms with van der Waals surface area (Å²) < 4.78 is 2.28. The van der Waals surface area contributed by atoms with Gasteiger partial charge in [0.25, 0.3) is 0 Å². The topological polar surface area (TPSA) is 51.0 Å². The summed E-state index contributed by atoms with van der Waals surface area (Å²) in [5.41, 5.74) is 2.26. The summed E-state index contributed by atoms with van der Waals surface area (Å²) in [5.74, 6) is 2.23. The van der Waals surface area contributed by atoms with Gasteiger partial charge in [-0.05, 0) is 44.2 Å².